The molecule has 0 bridgehead atoms. The molecular weight excluding hydrogens is 328 g/mol. The number of carbonyl (C=O) groups is 1. The normalized spacial score (nSPS) is 24.5. The fourth-order valence-corrected chi connectivity index (χ4v) is 2.53. The average Bonchev–Trinajstić information content (AvgIpc) is 2.77. The number of ketones is 1. The number of Topliss-reactive ketones (excluding diaryl/α,β-unsaturated/α-hetero) is 1. The molecule has 1 rings (SSSR count). The fraction of sp³-hybridized carbons (Fsp3) is 0.500. The van der Waals surface area contributed by atoms with Crippen LogP contribution in [0.25, 0.3) is 0 Å². The van der Waals surface area contributed by atoms with Gasteiger partial charge in [0.2, 0.25) is 5.78 Å². The third-order valence-electron chi connectivity index (χ3n) is 4.31. The highest BCUT2D eigenvalue weighted by atomic mass is 16.6. The van der Waals surface area contributed by atoms with Crippen molar-refractivity contribution in [3.8, 4) is 0 Å². The van der Waals surface area contributed by atoms with Crippen LogP contribution in [0.2, 0.25) is 0 Å². The lowest BCUT2D eigenvalue weighted by molar-refractivity contribution is -0.168. The van der Waals surface area contributed by atoms with E-state index in [1.54, 1.807) is 25.2 Å². The molecule has 1 aliphatic rings. The maximum atomic E-state index is 11.7. The first-order valence-corrected chi connectivity index (χ1v) is 9.09. The zero-order chi connectivity index (χ0) is 19.9. The van der Waals surface area contributed by atoms with E-state index in [2.05, 4.69) is 19.9 Å². The SMILES string of the molecule is CC1=C(/C=C/C=C\C=C\[C@@H](C)[C@@H](O)/C(C)=C/CC(C)C)O[C@@](C)(O)C1=O. The van der Waals surface area contributed by atoms with Crippen LogP contribution < -0.4 is 0 Å². The van der Waals surface area contributed by atoms with Crippen LogP contribution >= 0.6 is 0 Å². The van der Waals surface area contributed by atoms with Gasteiger partial charge in [-0.1, -0.05) is 57.2 Å². The van der Waals surface area contributed by atoms with Gasteiger partial charge >= 0.3 is 0 Å². The molecule has 0 aromatic heterocycles. The van der Waals surface area contributed by atoms with Crippen LogP contribution in [-0.4, -0.2) is 27.9 Å². The van der Waals surface area contributed by atoms with Crippen molar-refractivity contribution in [2.45, 2.75) is 59.9 Å². The molecule has 26 heavy (non-hydrogen) atoms. The lowest BCUT2D eigenvalue weighted by Crippen LogP contribution is -2.32. The summed E-state index contributed by atoms with van der Waals surface area (Å²) in [6.07, 6.45) is 13.5. The number of hydrogen-bond acceptors (Lipinski definition) is 4. The molecular formula is C22H32O4. The number of ether oxygens (including phenoxy) is 1. The Balaban J connectivity index is 2.56. The van der Waals surface area contributed by atoms with Gasteiger partial charge in [-0.2, -0.15) is 0 Å². The molecule has 2 N–H and O–H groups in total. The average molecular weight is 360 g/mol. The molecule has 0 saturated carbocycles. The van der Waals surface area contributed by atoms with Crippen molar-refractivity contribution in [2.24, 2.45) is 11.8 Å². The van der Waals surface area contributed by atoms with Gasteiger partial charge in [-0.3, -0.25) is 4.79 Å². The molecule has 4 nitrogen and oxygen atoms in total. The molecule has 1 heterocycles. The Morgan fingerprint density at radius 2 is 1.81 bits per heavy atom. The summed E-state index contributed by atoms with van der Waals surface area (Å²) >= 11 is 0. The first-order valence-electron chi connectivity index (χ1n) is 9.09. The number of aliphatic hydroxyl groups excluding tert-OH is 1. The number of carbonyl (C=O) groups excluding carboxylic acids is 1. The van der Waals surface area contributed by atoms with E-state index >= 15 is 0 Å². The number of allylic oxidation sites excluding steroid dienone is 6. The molecule has 144 valence electrons. The first kappa shape index (κ1) is 22.1. The molecule has 0 aromatic rings. The molecule has 4 heteroatoms. The third-order valence-corrected chi connectivity index (χ3v) is 4.31. The van der Waals surface area contributed by atoms with Crippen LogP contribution in [0.3, 0.4) is 0 Å². The smallest absolute Gasteiger partial charge is 0.269 e. The van der Waals surface area contributed by atoms with E-state index < -0.39 is 17.7 Å². The minimum absolute atomic E-state index is 0.0166. The van der Waals surface area contributed by atoms with E-state index in [9.17, 15) is 15.0 Å². The van der Waals surface area contributed by atoms with Gasteiger partial charge in [0.1, 0.15) is 5.76 Å². The highest BCUT2D eigenvalue weighted by molar-refractivity contribution is 6.02. The Bertz CT molecular complexity index is 645. The minimum Gasteiger partial charge on any atom is -0.455 e. The summed E-state index contributed by atoms with van der Waals surface area (Å²) in [7, 11) is 0. The van der Waals surface area contributed by atoms with Crippen LogP contribution in [0.1, 0.15) is 48.0 Å². The van der Waals surface area contributed by atoms with Crippen molar-refractivity contribution in [3.05, 3.63) is 59.4 Å². The maximum absolute atomic E-state index is 11.7. The van der Waals surface area contributed by atoms with Crippen LogP contribution in [0.5, 0.6) is 0 Å². The van der Waals surface area contributed by atoms with Gasteiger partial charge in [-0.05, 0) is 37.8 Å². The number of hydrogen-bond donors (Lipinski definition) is 2. The van der Waals surface area contributed by atoms with E-state index in [1.165, 1.54) is 6.92 Å². The van der Waals surface area contributed by atoms with E-state index in [1.807, 2.05) is 32.1 Å². The second-order valence-electron chi connectivity index (χ2n) is 7.41. The molecule has 0 saturated heterocycles. The van der Waals surface area contributed by atoms with Gasteiger partial charge in [0.25, 0.3) is 5.79 Å². The summed E-state index contributed by atoms with van der Waals surface area (Å²) in [4.78, 5) is 11.7. The van der Waals surface area contributed by atoms with Gasteiger partial charge in [-0.15, -0.1) is 0 Å². The summed E-state index contributed by atoms with van der Waals surface area (Å²) in [6, 6.07) is 0. The van der Waals surface area contributed by atoms with Crippen LogP contribution in [0.4, 0.5) is 0 Å². The molecule has 0 amide bonds. The topological polar surface area (TPSA) is 66.8 Å². The Hall–Kier alpha value is -1.91. The maximum Gasteiger partial charge on any atom is 0.269 e. The highest BCUT2D eigenvalue weighted by Crippen LogP contribution is 2.28. The Morgan fingerprint density at radius 3 is 2.35 bits per heavy atom. The van der Waals surface area contributed by atoms with E-state index in [0.717, 1.165) is 12.0 Å². The lowest BCUT2D eigenvalue weighted by Gasteiger charge is -2.16. The van der Waals surface area contributed by atoms with Crippen molar-refractivity contribution < 1.29 is 19.7 Å². The van der Waals surface area contributed by atoms with Crippen molar-refractivity contribution in [1.82, 2.24) is 0 Å². The molecule has 0 unspecified atom stereocenters. The number of rotatable bonds is 8. The molecule has 1 aliphatic heterocycles. The van der Waals surface area contributed by atoms with Gasteiger partial charge in [-0.25, -0.2) is 0 Å². The van der Waals surface area contributed by atoms with E-state index in [-0.39, 0.29) is 5.92 Å². The quantitative estimate of drug-likeness (QED) is 0.502. The van der Waals surface area contributed by atoms with Crippen LogP contribution in [-0.2, 0) is 9.53 Å². The summed E-state index contributed by atoms with van der Waals surface area (Å²) in [5.41, 5.74) is 1.41. The predicted molar refractivity (Wildman–Crippen MR) is 105 cm³/mol. The zero-order valence-electron chi connectivity index (χ0n) is 16.7. The van der Waals surface area contributed by atoms with E-state index in [4.69, 9.17) is 4.74 Å². The van der Waals surface area contributed by atoms with Gasteiger partial charge in [0.15, 0.2) is 0 Å². The molecule has 0 radical (unpaired) electrons. The largest absolute Gasteiger partial charge is 0.455 e. The van der Waals surface area contributed by atoms with Crippen molar-refractivity contribution in [2.75, 3.05) is 0 Å². The zero-order valence-corrected chi connectivity index (χ0v) is 16.7. The van der Waals surface area contributed by atoms with Crippen molar-refractivity contribution in [3.63, 3.8) is 0 Å². The van der Waals surface area contributed by atoms with Crippen molar-refractivity contribution >= 4 is 5.78 Å². The first-order chi connectivity index (χ1) is 12.1. The molecule has 0 fully saturated rings. The third kappa shape index (κ3) is 6.43. The second-order valence-corrected chi connectivity index (χ2v) is 7.41. The molecule has 0 aromatic carbocycles. The predicted octanol–water partition coefficient (Wildman–Crippen LogP) is 4.23. The number of aliphatic hydroxyl groups is 2. The van der Waals surface area contributed by atoms with Gasteiger partial charge in [0.05, 0.1) is 6.10 Å². The summed E-state index contributed by atoms with van der Waals surface area (Å²) in [5.74, 6) is -1.20. The Morgan fingerprint density at radius 1 is 1.19 bits per heavy atom. The Labute approximate surface area is 157 Å². The van der Waals surface area contributed by atoms with Crippen LogP contribution in [0.15, 0.2) is 59.4 Å². The minimum atomic E-state index is -1.76. The van der Waals surface area contributed by atoms with E-state index in [0.29, 0.717) is 17.3 Å². The standard InChI is InChI=1S/C22H32O4/c1-15(2)13-14-17(4)20(23)16(3)11-9-7-8-10-12-19-18(5)21(24)22(6,25)26-19/h7-12,14-16,20,23,25H,13H2,1-6H3/b8-7-,11-9+,12-10+,17-14+/t16-,20-,22-/m1/s1. The second kappa shape index (κ2) is 9.70. The lowest BCUT2D eigenvalue weighted by atomic mass is 9.96. The van der Waals surface area contributed by atoms with Crippen molar-refractivity contribution in [1.29, 1.82) is 0 Å². The molecule has 3 atom stereocenters. The summed E-state index contributed by atoms with van der Waals surface area (Å²) < 4.78 is 5.22. The van der Waals surface area contributed by atoms with Crippen LogP contribution in [0, 0.1) is 11.8 Å². The van der Waals surface area contributed by atoms with Gasteiger partial charge in [0, 0.05) is 18.4 Å². The Kier molecular flexibility index (Phi) is 8.25. The fourth-order valence-electron chi connectivity index (χ4n) is 2.53. The summed E-state index contributed by atoms with van der Waals surface area (Å²) in [6.45, 7) is 11.2. The monoisotopic (exact) mass is 360 g/mol. The summed E-state index contributed by atoms with van der Waals surface area (Å²) in [5, 5.41) is 20.1. The molecule has 0 aliphatic carbocycles. The van der Waals surface area contributed by atoms with Gasteiger partial charge < -0.3 is 14.9 Å². The molecule has 0 spiro atoms. The highest BCUT2D eigenvalue weighted by Gasteiger charge is 2.41.